The number of rotatable bonds is 3. The Kier molecular flexibility index (Phi) is 2.38. The SMILES string of the molecule is O=C(CN1CC(O)(C2CC2)C1)N1CCOC1=O. The lowest BCUT2D eigenvalue weighted by Gasteiger charge is -2.46. The highest BCUT2D eigenvalue weighted by molar-refractivity contribution is 5.94. The molecule has 0 aromatic rings. The average molecular weight is 240 g/mol. The van der Waals surface area contributed by atoms with E-state index in [1.165, 1.54) is 0 Å². The highest BCUT2D eigenvalue weighted by atomic mass is 16.6. The van der Waals surface area contributed by atoms with Crippen LogP contribution in [0.25, 0.3) is 0 Å². The zero-order chi connectivity index (χ0) is 12.0. The third-order valence-electron chi connectivity index (χ3n) is 3.75. The molecule has 3 rings (SSSR count). The topological polar surface area (TPSA) is 70.1 Å². The van der Waals surface area contributed by atoms with Crippen LogP contribution in [0.4, 0.5) is 4.79 Å². The summed E-state index contributed by atoms with van der Waals surface area (Å²) in [4.78, 5) is 25.9. The summed E-state index contributed by atoms with van der Waals surface area (Å²) < 4.78 is 4.71. The number of likely N-dealkylation sites (tertiary alicyclic amines) is 1. The lowest BCUT2D eigenvalue weighted by molar-refractivity contribution is -0.141. The van der Waals surface area contributed by atoms with E-state index in [0.717, 1.165) is 17.7 Å². The summed E-state index contributed by atoms with van der Waals surface area (Å²) in [5, 5.41) is 10.1. The molecular formula is C11H16N2O4. The van der Waals surface area contributed by atoms with Crippen LogP contribution in [-0.2, 0) is 9.53 Å². The van der Waals surface area contributed by atoms with Crippen molar-refractivity contribution in [2.75, 3.05) is 32.8 Å². The first-order valence-corrected chi connectivity index (χ1v) is 6.00. The van der Waals surface area contributed by atoms with Crippen LogP contribution in [0.5, 0.6) is 0 Å². The second kappa shape index (κ2) is 3.68. The van der Waals surface area contributed by atoms with Crippen LogP contribution in [0.3, 0.4) is 0 Å². The van der Waals surface area contributed by atoms with E-state index in [4.69, 9.17) is 4.74 Å². The van der Waals surface area contributed by atoms with Crippen molar-refractivity contribution in [2.45, 2.75) is 18.4 Å². The van der Waals surface area contributed by atoms with Crippen molar-refractivity contribution in [3.05, 3.63) is 0 Å². The predicted octanol–water partition coefficient (Wildman–Crippen LogP) is -0.578. The van der Waals surface area contributed by atoms with Crippen LogP contribution < -0.4 is 0 Å². The molecule has 0 aromatic carbocycles. The van der Waals surface area contributed by atoms with Crippen molar-refractivity contribution in [2.24, 2.45) is 5.92 Å². The molecule has 0 unspecified atom stereocenters. The van der Waals surface area contributed by atoms with Crippen molar-refractivity contribution >= 4 is 12.0 Å². The quantitative estimate of drug-likeness (QED) is 0.715. The molecule has 0 aromatic heterocycles. The maximum Gasteiger partial charge on any atom is 0.416 e. The zero-order valence-corrected chi connectivity index (χ0v) is 9.59. The molecule has 6 nitrogen and oxygen atoms in total. The Bertz CT molecular complexity index is 360. The highest BCUT2D eigenvalue weighted by Crippen LogP contribution is 2.44. The van der Waals surface area contributed by atoms with Gasteiger partial charge in [0, 0.05) is 13.1 Å². The Morgan fingerprint density at radius 2 is 2.18 bits per heavy atom. The van der Waals surface area contributed by atoms with Crippen molar-refractivity contribution < 1.29 is 19.4 Å². The maximum atomic E-state index is 11.8. The third-order valence-corrected chi connectivity index (χ3v) is 3.75. The van der Waals surface area contributed by atoms with E-state index in [-0.39, 0.29) is 19.1 Å². The number of carbonyl (C=O) groups excluding carboxylic acids is 2. The van der Waals surface area contributed by atoms with Crippen molar-refractivity contribution in [1.29, 1.82) is 0 Å². The molecule has 2 aliphatic heterocycles. The molecule has 3 fully saturated rings. The van der Waals surface area contributed by atoms with Gasteiger partial charge in [0.25, 0.3) is 0 Å². The molecule has 17 heavy (non-hydrogen) atoms. The van der Waals surface area contributed by atoms with Gasteiger partial charge in [-0.15, -0.1) is 0 Å². The van der Waals surface area contributed by atoms with E-state index >= 15 is 0 Å². The number of cyclic esters (lactones) is 1. The van der Waals surface area contributed by atoms with E-state index in [1.54, 1.807) is 0 Å². The summed E-state index contributed by atoms with van der Waals surface area (Å²) in [5.74, 6) is 0.191. The first-order chi connectivity index (χ1) is 8.08. The second-order valence-electron chi connectivity index (χ2n) is 5.18. The lowest BCUT2D eigenvalue weighted by atomic mass is 9.89. The van der Waals surface area contributed by atoms with Gasteiger partial charge in [-0.2, -0.15) is 0 Å². The summed E-state index contributed by atoms with van der Waals surface area (Å²) in [6.45, 7) is 1.93. The number of imide groups is 1. The van der Waals surface area contributed by atoms with Gasteiger partial charge < -0.3 is 9.84 Å². The Hall–Kier alpha value is -1.14. The van der Waals surface area contributed by atoms with Crippen LogP contribution in [-0.4, -0.2) is 65.3 Å². The van der Waals surface area contributed by atoms with Crippen LogP contribution in [0.15, 0.2) is 0 Å². The van der Waals surface area contributed by atoms with Crippen molar-refractivity contribution in [3.63, 3.8) is 0 Å². The Labute approximate surface area is 99.1 Å². The smallest absolute Gasteiger partial charge is 0.416 e. The van der Waals surface area contributed by atoms with Gasteiger partial charge in [0.15, 0.2) is 0 Å². The van der Waals surface area contributed by atoms with Gasteiger partial charge in [-0.25, -0.2) is 9.69 Å². The highest BCUT2D eigenvalue weighted by Gasteiger charge is 2.52. The minimum atomic E-state index is -0.578. The molecule has 1 saturated carbocycles. The fourth-order valence-corrected chi connectivity index (χ4v) is 2.62. The van der Waals surface area contributed by atoms with Gasteiger partial charge in [0.05, 0.1) is 18.7 Å². The van der Waals surface area contributed by atoms with E-state index in [1.807, 2.05) is 4.90 Å². The van der Waals surface area contributed by atoms with E-state index in [0.29, 0.717) is 25.6 Å². The monoisotopic (exact) mass is 240 g/mol. The maximum absolute atomic E-state index is 11.8. The molecule has 1 N–H and O–H groups in total. The number of β-amino-alcohol motifs (C(OH)–C–C–N with tert-alkyl or cyclic N) is 1. The number of nitrogens with zero attached hydrogens (tertiary/aromatic N) is 2. The van der Waals surface area contributed by atoms with Gasteiger partial charge in [0.1, 0.15) is 6.61 Å². The van der Waals surface area contributed by atoms with Crippen LogP contribution >= 0.6 is 0 Å². The van der Waals surface area contributed by atoms with E-state index in [2.05, 4.69) is 0 Å². The standard InChI is InChI=1S/C11H16N2O4/c14-9(13-3-4-17-10(13)15)5-12-6-11(16,7-12)8-1-2-8/h8,16H,1-7H2. The molecule has 94 valence electrons. The van der Waals surface area contributed by atoms with Crippen LogP contribution in [0.1, 0.15) is 12.8 Å². The van der Waals surface area contributed by atoms with Crippen molar-refractivity contribution in [1.82, 2.24) is 9.80 Å². The lowest BCUT2D eigenvalue weighted by Crippen LogP contribution is -2.64. The number of ether oxygens (including phenoxy) is 1. The van der Waals surface area contributed by atoms with Crippen LogP contribution in [0, 0.1) is 5.92 Å². The summed E-state index contributed by atoms with van der Waals surface area (Å²) in [6, 6.07) is 0. The molecule has 2 heterocycles. The van der Waals surface area contributed by atoms with E-state index in [9.17, 15) is 14.7 Å². The molecule has 2 saturated heterocycles. The Balaban J connectivity index is 1.49. The number of hydrogen-bond acceptors (Lipinski definition) is 5. The van der Waals surface area contributed by atoms with Crippen LogP contribution in [0.2, 0.25) is 0 Å². The second-order valence-corrected chi connectivity index (χ2v) is 5.18. The van der Waals surface area contributed by atoms with Gasteiger partial charge in [0.2, 0.25) is 5.91 Å². The molecule has 2 amide bonds. The average Bonchev–Trinajstić information content (AvgIpc) is 2.99. The number of carbonyl (C=O) groups is 2. The summed E-state index contributed by atoms with van der Waals surface area (Å²) in [7, 11) is 0. The molecular weight excluding hydrogens is 224 g/mol. The van der Waals surface area contributed by atoms with E-state index < -0.39 is 11.7 Å². The summed E-state index contributed by atoms with van der Waals surface area (Å²) in [6.07, 6.45) is 1.64. The molecule has 0 radical (unpaired) electrons. The zero-order valence-electron chi connectivity index (χ0n) is 9.59. The first-order valence-electron chi connectivity index (χ1n) is 6.00. The fraction of sp³-hybridized carbons (Fsp3) is 0.818. The first kappa shape index (κ1) is 11.0. The Morgan fingerprint density at radius 3 is 2.71 bits per heavy atom. The number of aliphatic hydroxyl groups is 1. The van der Waals surface area contributed by atoms with Crippen molar-refractivity contribution in [3.8, 4) is 0 Å². The predicted molar refractivity (Wildman–Crippen MR) is 57.2 cm³/mol. The summed E-state index contributed by atoms with van der Waals surface area (Å²) in [5.41, 5.74) is -0.578. The number of hydrogen-bond donors (Lipinski definition) is 1. The van der Waals surface area contributed by atoms with Gasteiger partial charge in [-0.3, -0.25) is 9.69 Å². The molecule has 3 aliphatic rings. The summed E-state index contributed by atoms with van der Waals surface area (Å²) >= 11 is 0. The molecule has 0 spiro atoms. The molecule has 0 bridgehead atoms. The van der Waals surface area contributed by atoms with Gasteiger partial charge in [-0.1, -0.05) is 0 Å². The minimum absolute atomic E-state index is 0.199. The largest absolute Gasteiger partial charge is 0.447 e. The van der Waals surface area contributed by atoms with Gasteiger partial charge >= 0.3 is 6.09 Å². The molecule has 6 heteroatoms. The normalized spacial score (nSPS) is 27.8. The molecule has 0 atom stereocenters. The number of amides is 2. The van der Waals surface area contributed by atoms with Gasteiger partial charge in [-0.05, 0) is 18.8 Å². The minimum Gasteiger partial charge on any atom is -0.447 e. The Morgan fingerprint density at radius 1 is 1.47 bits per heavy atom. The molecule has 1 aliphatic carbocycles. The third kappa shape index (κ3) is 1.91. The fourth-order valence-electron chi connectivity index (χ4n) is 2.62.